The van der Waals surface area contributed by atoms with Gasteiger partial charge in [-0.2, -0.15) is 0 Å². The van der Waals surface area contributed by atoms with E-state index in [-0.39, 0.29) is 5.91 Å². The van der Waals surface area contributed by atoms with Crippen molar-refractivity contribution < 1.29 is 9.53 Å². The fourth-order valence-corrected chi connectivity index (χ4v) is 2.22. The molecular formula is C17H15N3O2. The van der Waals surface area contributed by atoms with E-state index >= 15 is 0 Å². The fraction of sp³-hybridized carbons (Fsp3) is 0.118. The van der Waals surface area contributed by atoms with Gasteiger partial charge in [-0.15, -0.1) is 0 Å². The van der Waals surface area contributed by atoms with Gasteiger partial charge in [0, 0.05) is 5.39 Å². The molecule has 5 heteroatoms. The van der Waals surface area contributed by atoms with Crippen LogP contribution in [0, 0.1) is 0 Å². The number of hydrogen-bond acceptors (Lipinski definition) is 4. The summed E-state index contributed by atoms with van der Waals surface area (Å²) in [6.07, 6.45) is 1.39. The standard InChI is InChI=1S/C17H15N3O2/c1-2-22-15-10-6-5-9-14(15)20-17(21)16-12-7-3-4-8-13(12)18-11-19-16/h3-11H,2H2,1H3,(H,20,21). The summed E-state index contributed by atoms with van der Waals surface area (Å²) >= 11 is 0. The minimum absolute atomic E-state index is 0.286. The van der Waals surface area contributed by atoms with E-state index in [1.54, 1.807) is 6.07 Å². The highest BCUT2D eigenvalue weighted by Gasteiger charge is 2.14. The van der Waals surface area contributed by atoms with Crippen molar-refractivity contribution in [3.63, 3.8) is 0 Å². The SMILES string of the molecule is CCOc1ccccc1NC(=O)c1ncnc2ccccc12. The largest absolute Gasteiger partial charge is 0.492 e. The summed E-state index contributed by atoms with van der Waals surface area (Å²) in [4.78, 5) is 20.8. The van der Waals surface area contributed by atoms with E-state index < -0.39 is 0 Å². The Morgan fingerprint density at radius 1 is 1.09 bits per heavy atom. The van der Waals surface area contributed by atoms with Crippen LogP contribution in [0.3, 0.4) is 0 Å². The maximum absolute atomic E-state index is 12.5. The van der Waals surface area contributed by atoms with Crippen LogP contribution in [-0.2, 0) is 0 Å². The molecule has 110 valence electrons. The Morgan fingerprint density at radius 2 is 1.86 bits per heavy atom. The van der Waals surface area contributed by atoms with Crippen molar-refractivity contribution in [1.29, 1.82) is 0 Å². The zero-order valence-corrected chi connectivity index (χ0v) is 12.1. The average Bonchev–Trinajstić information content (AvgIpc) is 2.56. The Kier molecular flexibility index (Phi) is 3.96. The van der Waals surface area contributed by atoms with E-state index in [9.17, 15) is 4.79 Å². The Hall–Kier alpha value is -2.95. The van der Waals surface area contributed by atoms with Crippen LogP contribution >= 0.6 is 0 Å². The number of nitrogens with zero attached hydrogens (tertiary/aromatic N) is 2. The lowest BCUT2D eigenvalue weighted by atomic mass is 10.1. The van der Waals surface area contributed by atoms with Gasteiger partial charge in [0.05, 0.1) is 17.8 Å². The van der Waals surface area contributed by atoms with Gasteiger partial charge in [0.1, 0.15) is 17.8 Å². The van der Waals surface area contributed by atoms with Crippen LogP contribution in [0.1, 0.15) is 17.4 Å². The fourth-order valence-electron chi connectivity index (χ4n) is 2.22. The van der Waals surface area contributed by atoms with Gasteiger partial charge in [0.15, 0.2) is 0 Å². The third kappa shape index (κ3) is 2.74. The molecule has 5 nitrogen and oxygen atoms in total. The van der Waals surface area contributed by atoms with E-state index in [1.807, 2.05) is 49.4 Å². The van der Waals surface area contributed by atoms with Gasteiger partial charge >= 0.3 is 0 Å². The van der Waals surface area contributed by atoms with Gasteiger partial charge in [-0.25, -0.2) is 9.97 Å². The summed E-state index contributed by atoms with van der Waals surface area (Å²) in [5.41, 5.74) is 1.70. The van der Waals surface area contributed by atoms with E-state index in [4.69, 9.17) is 4.74 Å². The number of carbonyl (C=O) groups excluding carboxylic acids is 1. The van der Waals surface area contributed by atoms with Crippen molar-refractivity contribution in [3.05, 3.63) is 60.6 Å². The van der Waals surface area contributed by atoms with Gasteiger partial charge in [-0.05, 0) is 25.1 Å². The minimum atomic E-state index is -0.286. The number of aromatic nitrogens is 2. The molecule has 22 heavy (non-hydrogen) atoms. The number of carbonyl (C=O) groups is 1. The first kappa shape index (κ1) is 14.0. The average molecular weight is 293 g/mol. The van der Waals surface area contributed by atoms with E-state index in [0.29, 0.717) is 23.7 Å². The number of para-hydroxylation sites is 3. The van der Waals surface area contributed by atoms with Crippen LogP contribution in [-0.4, -0.2) is 22.5 Å². The van der Waals surface area contributed by atoms with Gasteiger partial charge in [-0.3, -0.25) is 4.79 Å². The van der Waals surface area contributed by atoms with E-state index in [0.717, 1.165) is 10.9 Å². The third-order valence-electron chi connectivity index (χ3n) is 3.19. The summed E-state index contributed by atoms with van der Waals surface area (Å²) < 4.78 is 5.51. The second-order valence-electron chi connectivity index (χ2n) is 4.62. The Bertz CT molecular complexity index is 812. The second-order valence-corrected chi connectivity index (χ2v) is 4.62. The molecule has 0 aliphatic heterocycles. The van der Waals surface area contributed by atoms with Crippen LogP contribution < -0.4 is 10.1 Å². The normalized spacial score (nSPS) is 10.4. The molecule has 0 radical (unpaired) electrons. The number of nitrogens with one attached hydrogen (secondary N) is 1. The maximum Gasteiger partial charge on any atom is 0.275 e. The number of ether oxygens (including phenoxy) is 1. The number of amides is 1. The summed E-state index contributed by atoms with van der Waals surface area (Å²) in [5, 5.41) is 3.57. The highest BCUT2D eigenvalue weighted by atomic mass is 16.5. The van der Waals surface area contributed by atoms with E-state index in [2.05, 4.69) is 15.3 Å². The van der Waals surface area contributed by atoms with Gasteiger partial charge < -0.3 is 10.1 Å². The molecular weight excluding hydrogens is 278 g/mol. The van der Waals surface area contributed by atoms with Crippen molar-refractivity contribution in [1.82, 2.24) is 9.97 Å². The number of rotatable bonds is 4. The third-order valence-corrected chi connectivity index (χ3v) is 3.19. The molecule has 2 aromatic carbocycles. The molecule has 0 spiro atoms. The number of benzene rings is 2. The predicted molar refractivity (Wildman–Crippen MR) is 85.1 cm³/mol. The van der Waals surface area contributed by atoms with Crippen LogP contribution in [0.5, 0.6) is 5.75 Å². The monoisotopic (exact) mass is 293 g/mol. The molecule has 1 amide bonds. The molecule has 0 unspecified atom stereocenters. The van der Waals surface area contributed by atoms with Gasteiger partial charge in [-0.1, -0.05) is 30.3 Å². The summed E-state index contributed by atoms with van der Waals surface area (Å²) in [7, 11) is 0. The topological polar surface area (TPSA) is 64.1 Å². The first-order chi connectivity index (χ1) is 10.8. The van der Waals surface area contributed by atoms with Crippen LogP contribution in [0.4, 0.5) is 5.69 Å². The summed E-state index contributed by atoms with van der Waals surface area (Å²) in [6.45, 7) is 2.43. The molecule has 0 atom stereocenters. The lowest BCUT2D eigenvalue weighted by Crippen LogP contribution is -2.15. The predicted octanol–water partition coefficient (Wildman–Crippen LogP) is 3.28. The molecule has 0 saturated carbocycles. The number of fused-ring (bicyclic) bond motifs is 1. The van der Waals surface area contributed by atoms with Crippen molar-refractivity contribution >= 4 is 22.5 Å². The van der Waals surface area contributed by atoms with Crippen molar-refractivity contribution in [2.24, 2.45) is 0 Å². The highest BCUT2D eigenvalue weighted by molar-refractivity contribution is 6.11. The Labute approximate surface area is 128 Å². The van der Waals surface area contributed by atoms with Gasteiger partial charge in [0.25, 0.3) is 5.91 Å². The Balaban J connectivity index is 1.94. The molecule has 0 fully saturated rings. The molecule has 1 aromatic heterocycles. The van der Waals surface area contributed by atoms with Crippen molar-refractivity contribution in [2.75, 3.05) is 11.9 Å². The number of hydrogen-bond donors (Lipinski definition) is 1. The molecule has 3 rings (SSSR count). The van der Waals surface area contributed by atoms with Gasteiger partial charge in [0.2, 0.25) is 0 Å². The molecule has 0 saturated heterocycles. The first-order valence-corrected chi connectivity index (χ1v) is 7.02. The molecule has 0 aliphatic rings. The molecule has 1 N–H and O–H groups in total. The van der Waals surface area contributed by atoms with Crippen molar-refractivity contribution in [3.8, 4) is 5.75 Å². The van der Waals surface area contributed by atoms with Crippen LogP contribution in [0.2, 0.25) is 0 Å². The second kappa shape index (κ2) is 6.22. The zero-order valence-electron chi connectivity index (χ0n) is 12.1. The highest BCUT2D eigenvalue weighted by Crippen LogP contribution is 2.25. The summed E-state index contributed by atoms with van der Waals surface area (Å²) in [5.74, 6) is 0.350. The maximum atomic E-state index is 12.5. The number of anilines is 1. The lowest BCUT2D eigenvalue weighted by Gasteiger charge is -2.11. The quantitative estimate of drug-likeness (QED) is 0.801. The minimum Gasteiger partial charge on any atom is -0.492 e. The van der Waals surface area contributed by atoms with E-state index in [1.165, 1.54) is 6.33 Å². The van der Waals surface area contributed by atoms with Crippen LogP contribution in [0.25, 0.3) is 10.9 Å². The Morgan fingerprint density at radius 3 is 2.73 bits per heavy atom. The van der Waals surface area contributed by atoms with Crippen molar-refractivity contribution in [2.45, 2.75) is 6.92 Å². The molecule has 1 heterocycles. The lowest BCUT2D eigenvalue weighted by molar-refractivity contribution is 0.102. The van der Waals surface area contributed by atoms with Crippen LogP contribution in [0.15, 0.2) is 54.9 Å². The molecule has 0 bridgehead atoms. The zero-order chi connectivity index (χ0) is 15.4. The molecule has 0 aliphatic carbocycles. The first-order valence-electron chi connectivity index (χ1n) is 7.02. The smallest absolute Gasteiger partial charge is 0.275 e. The summed E-state index contributed by atoms with van der Waals surface area (Å²) in [6, 6.07) is 14.7. The molecule has 3 aromatic rings.